The summed E-state index contributed by atoms with van der Waals surface area (Å²) in [7, 11) is 0. The summed E-state index contributed by atoms with van der Waals surface area (Å²) in [6.07, 6.45) is 8.45. The molecule has 2 atom stereocenters. The van der Waals surface area contributed by atoms with E-state index in [0.29, 0.717) is 30.8 Å². The summed E-state index contributed by atoms with van der Waals surface area (Å²) in [6.45, 7) is 0.686. The number of hydrogen-bond donors (Lipinski definition) is 2. The molecule has 1 fully saturated rings. The molecule has 1 aliphatic rings. The number of aliphatic carboxylic acids is 1. The molecule has 1 heterocycles. The molecule has 0 saturated carbocycles. The van der Waals surface area contributed by atoms with Gasteiger partial charge in [0.05, 0.1) is 12.1 Å². The number of rotatable bonds is 11. The average molecular weight is 394 g/mol. The number of unbranched alkanes of at least 4 members (excludes halogenated alkanes) is 3. The van der Waals surface area contributed by atoms with Gasteiger partial charge in [-0.25, -0.2) is 0 Å². The summed E-state index contributed by atoms with van der Waals surface area (Å²) in [4.78, 5) is 24.5. The topological polar surface area (TPSA) is 77.8 Å². The van der Waals surface area contributed by atoms with Crippen molar-refractivity contribution in [2.24, 2.45) is 0 Å². The van der Waals surface area contributed by atoms with Crippen molar-refractivity contribution in [2.75, 3.05) is 6.54 Å². The highest BCUT2D eigenvalue weighted by Crippen LogP contribution is 2.21. The predicted molar refractivity (Wildman–Crippen MR) is 106 cm³/mol. The Kier molecular flexibility index (Phi) is 8.82. The third kappa shape index (κ3) is 7.73. The van der Waals surface area contributed by atoms with Crippen LogP contribution in [0.1, 0.15) is 50.5 Å². The first-order valence-electron chi connectivity index (χ1n) is 9.58. The maximum Gasteiger partial charge on any atom is 0.303 e. The van der Waals surface area contributed by atoms with Gasteiger partial charge in [-0.3, -0.25) is 9.59 Å². The molecule has 0 radical (unpaired) electrons. The quantitative estimate of drug-likeness (QED) is 0.442. The Bertz CT molecular complexity index is 661. The van der Waals surface area contributed by atoms with Gasteiger partial charge in [0.1, 0.15) is 0 Å². The number of halogens is 1. The molecule has 0 aromatic heterocycles. The minimum absolute atomic E-state index is 0.0329. The number of hydrogen-bond acceptors (Lipinski definition) is 3. The fraction of sp³-hybridized carbons (Fsp3) is 0.524. The van der Waals surface area contributed by atoms with Gasteiger partial charge in [-0.1, -0.05) is 48.7 Å². The van der Waals surface area contributed by atoms with E-state index in [9.17, 15) is 14.7 Å². The van der Waals surface area contributed by atoms with Crippen molar-refractivity contribution in [1.29, 1.82) is 0 Å². The van der Waals surface area contributed by atoms with Crippen LogP contribution in [0.2, 0.25) is 5.02 Å². The zero-order chi connectivity index (χ0) is 19.6. The first kappa shape index (κ1) is 21.5. The van der Waals surface area contributed by atoms with E-state index < -0.39 is 12.1 Å². The van der Waals surface area contributed by atoms with E-state index in [2.05, 4.69) is 0 Å². The Morgan fingerprint density at radius 1 is 1.30 bits per heavy atom. The lowest BCUT2D eigenvalue weighted by Crippen LogP contribution is -2.32. The molecule has 1 saturated heterocycles. The first-order chi connectivity index (χ1) is 13.0. The van der Waals surface area contributed by atoms with Gasteiger partial charge in [-0.2, -0.15) is 0 Å². The molecule has 1 aliphatic heterocycles. The second-order valence-electron chi connectivity index (χ2n) is 7.04. The van der Waals surface area contributed by atoms with E-state index in [-0.39, 0.29) is 18.4 Å². The molecule has 1 unspecified atom stereocenters. The lowest BCUT2D eigenvalue weighted by atomic mass is 10.1. The normalized spacial score (nSPS) is 18.4. The van der Waals surface area contributed by atoms with Crippen molar-refractivity contribution >= 4 is 23.5 Å². The SMILES string of the molecule is O=C(O)CCCCCCN1C(=O)CC[C@@H]1/C=C/C(O)Cc1cccc(Cl)c1. The molecule has 1 aromatic carbocycles. The third-order valence-corrected chi connectivity index (χ3v) is 5.04. The number of aliphatic hydroxyl groups excluding tert-OH is 1. The highest BCUT2D eigenvalue weighted by molar-refractivity contribution is 6.30. The van der Waals surface area contributed by atoms with E-state index in [0.717, 1.165) is 31.2 Å². The summed E-state index contributed by atoms with van der Waals surface area (Å²) in [6, 6.07) is 7.47. The van der Waals surface area contributed by atoms with Crippen molar-refractivity contribution in [2.45, 2.75) is 63.5 Å². The zero-order valence-corrected chi connectivity index (χ0v) is 16.3. The van der Waals surface area contributed by atoms with Crippen molar-refractivity contribution in [3.63, 3.8) is 0 Å². The van der Waals surface area contributed by atoms with Crippen molar-refractivity contribution in [1.82, 2.24) is 4.90 Å². The van der Waals surface area contributed by atoms with Crippen LogP contribution in [0.25, 0.3) is 0 Å². The Morgan fingerprint density at radius 3 is 2.81 bits per heavy atom. The molecular weight excluding hydrogens is 366 g/mol. The molecule has 1 aromatic rings. The number of benzene rings is 1. The number of carboxylic acid groups (broad SMARTS) is 1. The largest absolute Gasteiger partial charge is 0.481 e. The molecule has 6 heteroatoms. The van der Waals surface area contributed by atoms with E-state index in [1.807, 2.05) is 29.2 Å². The van der Waals surface area contributed by atoms with Gasteiger partial charge in [-0.15, -0.1) is 0 Å². The van der Waals surface area contributed by atoms with Gasteiger partial charge in [0.15, 0.2) is 0 Å². The van der Waals surface area contributed by atoms with Crippen molar-refractivity contribution in [3.05, 3.63) is 47.0 Å². The molecule has 0 bridgehead atoms. The summed E-state index contributed by atoms with van der Waals surface area (Å²) in [5, 5.41) is 19.5. The fourth-order valence-corrected chi connectivity index (χ4v) is 3.60. The first-order valence-corrected chi connectivity index (χ1v) is 9.95. The standard InChI is InChI=1S/C21H28ClNO4/c22-17-7-5-6-16(14-17)15-19(24)11-9-18-10-12-20(25)23(18)13-4-2-1-3-8-21(26)27/h5-7,9,11,14,18-19,24H,1-4,8,10,12-13,15H2,(H,26,27)/b11-9+/t18-,19?/m0/s1. The maximum absolute atomic E-state index is 12.1. The van der Waals surface area contributed by atoms with Crippen LogP contribution >= 0.6 is 11.6 Å². The molecular formula is C21H28ClNO4. The van der Waals surface area contributed by atoms with Crippen LogP contribution in [0, 0.1) is 0 Å². The summed E-state index contributed by atoms with van der Waals surface area (Å²) < 4.78 is 0. The molecule has 2 N–H and O–H groups in total. The minimum Gasteiger partial charge on any atom is -0.481 e. The number of nitrogens with zero attached hydrogens (tertiary/aromatic N) is 1. The lowest BCUT2D eigenvalue weighted by molar-refractivity contribution is -0.137. The smallest absolute Gasteiger partial charge is 0.303 e. The molecule has 148 valence electrons. The van der Waals surface area contributed by atoms with Gasteiger partial charge in [0.2, 0.25) is 5.91 Å². The van der Waals surface area contributed by atoms with Gasteiger partial charge >= 0.3 is 5.97 Å². The fourth-order valence-electron chi connectivity index (χ4n) is 3.39. The number of aliphatic hydroxyl groups is 1. The van der Waals surface area contributed by atoms with Gasteiger partial charge < -0.3 is 15.1 Å². The van der Waals surface area contributed by atoms with Crippen molar-refractivity contribution in [3.8, 4) is 0 Å². The van der Waals surface area contributed by atoms with E-state index in [1.165, 1.54) is 0 Å². The second kappa shape index (κ2) is 11.1. The van der Waals surface area contributed by atoms with Gasteiger partial charge in [-0.05, 0) is 37.0 Å². The van der Waals surface area contributed by atoms with Crippen LogP contribution in [0.5, 0.6) is 0 Å². The van der Waals surface area contributed by atoms with Gasteiger partial charge in [0, 0.05) is 30.8 Å². The van der Waals surface area contributed by atoms with Gasteiger partial charge in [0.25, 0.3) is 0 Å². The predicted octanol–water partition coefficient (Wildman–Crippen LogP) is 3.83. The maximum atomic E-state index is 12.1. The third-order valence-electron chi connectivity index (χ3n) is 4.80. The second-order valence-corrected chi connectivity index (χ2v) is 7.47. The molecule has 1 amide bonds. The number of likely N-dealkylation sites (tertiary alicyclic amines) is 1. The lowest BCUT2D eigenvalue weighted by Gasteiger charge is -2.22. The van der Waals surface area contributed by atoms with Crippen LogP contribution < -0.4 is 0 Å². The number of carbonyl (C=O) groups is 2. The molecule has 2 rings (SSSR count). The van der Waals surface area contributed by atoms with Crippen LogP contribution in [0.3, 0.4) is 0 Å². The average Bonchev–Trinajstić information content (AvgIpc) is 2.96. The minimum atomic E-state index is -0.758. The Labute approximate surface area is 165 Å². The Balaban J connectivity index is 1.77. The molecule has 0 spiro atoms. The van der Waals surface area contributed by atoms with Crippen LogP contribution in [0.4, 0.5) is 0 Å². The van der Waals surface area contributed by atoms with Crippen molar-refractivity contribution < 1.29 is 19.8 Å². The zero-order valence-electron chi connectivity index (χ0n) is 15.5. The monoisotopic (exact) mass is 393 g/mol. The van der Waals surface area contributed by atoms with Crippen LogP contribution in [-0.2, 0) is 16.0 Å². The van der Waals surface area contributed by atoms with E-state index >= 15 is 0 Å². The number of carbonyl (C=O) groups excluding carboxylic acids is 1. The van der Waals surface area contributed by atoms with Crippen LogP contribution in [0.15, 0.2) is 36.4 Å². The Morgan fingerprint density at radius 2 is 2.07 bits per heavy atom. The number of amides is 1. The molecule has 0 aliphatic carbocycles. The Hall–Kier alpha value is -1.85. The number of carboxylic acids is 1. The summed E-state index contributed by atoms with van der Waals surface area (Å²) in [5.74, 6) is -0.606. The summed E-state index contributed by atoms with van der Waals surface area (Å²) in [5.41, 5.74) is 0.973. The van der Waals surface area contributed by atoms with Crippen LogP contribution in [-0.4, -0.2) is 45.7 Å². The van der Waals surface area contributed by atoms with E-state index in [4.69, 9.17) is 16.7 Å². The highest BCUT2D eigenvalue weighted by Gasteiger charge is 2.28. The summed E-state index contributed by atoms with van der Waals surface area (Å²) >= 11 is 5.97. The highest BCUT2D eigenvalue weighted by atomic mass is 35.5. The van der Waals surface area contributed by atoms with E-state index in [1.54, 1.807) is 12.1 Å². The molecule has 27 heavy (non-hydrogen) atoms. The molecule has 5 nitrogen and oxygen atoms in total.